The highest BCUT2D eigenvalue weighted by atomic mass is 32.2. The topological polar surface area (TPSA) is 65.4 Å². The maximum Gasteiger partial charge on any atom is 0.270 e. The predicted molar refractivity (Wildman–Crippen MR) is 106 cm³/mol. The summed E-state index contributed by atoms with van der Waals surface area (Å²) in [5.41, 5.74) is 1.03. The molecule has 0 unspecified atom stereocenters. The number of para-hydroxylation sites is 2. The van der Waals surface area contributed by atoms with Crippen LogP contribution in [-0.2, 0) is 0 Å². The van der Waals surface area contributed by atoms with Crippen LogP contribution in [0.5, 0.6) is 11.5 Å². The van der Waals surface area contributed by atoms with Crippen molar-refractivity contribution >= 4 is 17.7 Å². The molecular formula is C20H20FN3O3S. The van der Waals surface area contributed by atoms with Crippen LogP contribution in [0.25, 0.3) is 5.69 Å². The van der Waals surface area contributed by atoms with E-state index in [1.54, 1.807) is 35.9 Å². The van der Waals surface area contributed by atoms with Crippen LogP contribution < -0.4 is 14.8 Å². The molecule has 0 bridgehead atoms. The Morgan fingerprint density at radius 3 is 2.57 bits per heavy atom. The fourth-order valence-corrected chi connectivity index (χ4v) is 3.18. The molecule has 0 radical (unpaired) electrons. The van der Waals surface area contributed by atoms with Crippen LogP contribution in [0.4, 0.5) is 4.39 Å². The summed E-state index contributed by atoms with van der Waals surface area (Å²) < 4.78 is 25.8. The molecule has 2 aromatic carbocycles. The van der Waals surface area contributed by atoms with Gasteiger partial charge in [-0.25, -0.2) is 9.37 Å². The quantitative estimate of drug-likeness (QED) is 0.462. The van der Waals surface area contributed by atoms with Gasteiger partial charge in [0.1, 0.15) is 18.1 Å². The van der Waals surface area contributed by atoms with Crippen molar-refractivity contribution in [3.05, 3.63) is 66.2 Å². The highest BCUT2D eigenvalue weighted by molar-refractivity contribution is 7.98. The van der Waals surface area contributed by atoms with Crippen LogP contribution >= 0.6 is 11.8 Å². The second-order valence-corrected chi connectivity index (χ2v) is 6.47. The van der Waals surface area contributed by atoms with Crippen molar-refractivity contribution in [3.63, 3.8) is 0 Å². The Morgan fingerprint density at radius 1 is 1.18 bits per heavy atom. The zero-order valence-corrected chi connectivity index (χ0v) is 16.3. The van der Waals surface area contributed by atoms with Crippen molar-refractivity contribution in [2.75, 3.05) is 26.5 Å². The molecule has 0 fully saturated rings. The molecule has 1 aromatic heterocycles. The number of ether oxygens (including phenoxy) is 2. The van der Waals surface area contributed by atoms with Gasteiger partial charge >= 0.3 is 0 Å². The molecule has 0 aliphatic heterocycles. The molecule has 3 aromatic rings. The van der Waals surface area contributed by atoms with E-state index < -0.39 is 0 Å². The van der Waals surface area contributed by atoms with Crippen LogP contribution in [0.15, 0.2) is 59.9 Å². The average molecular weight is 401 g/mol. The first-order chi connectivity index (χ1) is 13.6. The maximum absolute atomic E-state index is 13.2. The van der Waals surface area contributed by atoms with Gasteiger partial charge in [0.2, 0.25) is 0 Å². The number of rotatable bonds is 8. The predicted octanol–water partition coefficient (Wildman–Crippen LogP) is 3.55. The highest BCUT2D eigenvalue weighted by Crippen LogP contribution is 2.25. The molecule has 146 valence electrons. The van der Waals surface area contributed by atoms with Crippen molar-refractivity contribution < 1.29 is 18.7 Å². The zero-order valence-electron chi connectivity index (χ0n) is 15.5. The third-order valence-corrected chi connectivity index (χ3v) is 4.60. The molecule has 0 aliphatic rings. The van der Waals surface area contributed by atoms with E-state index in [4.69, 9.17) is 9.47 Å². The van der Waals surface area contributed by atoms with Crippen LogP contribution in [0.1, 0.15) is 10.5 Å². The minimum absolute atomic E-state index is 0.284. The minimum atomic E-state index is -0.339. The summed E-state index contributed by atoms with van der Waals surface area (Å²) in [5, 5.41) is 3.46. The minimum Gasteiger partial charge on any atom is -0.493 e. The summed E-state index contributed by atoms with van der Waals surface area (Å²) in [6.45, 7) is 0.590. The van der Waals surface area contributed by atoms with Crippen molar-refractivity contribution in [2.45, 2.75) is 5.16 Å². The normalized spacial score (nSPS) is 10.5. The van der Waals surface area contributed by atoms with E-state index in [-0.39, 0.29) is 18.3 Å². The summed E-state index contributed by atoms with van der Waals surface area (Å²) >= 11 is 1.40. The molecule has 0 saturated carbocycles. The van der Waals surface area contributed by atoms with E-state index >= 15 is 0 Å². The standard InChI is InChI=1S/C20H20FN3O3S/c1-26-17-5-3-4-6-18(17)27-12-11-22-19(25)16-13-23-20(28-2)24(16)15-9-7-14(21)8-10-15/h3-10,13H,11-12H2,1-2H3,(H,22,25). The molecular weight excluding hydrogens is 381 g/mol. The van der Waals surface area contributed by atoms with E-state index in [9.17, 15) is 9.18 Å². The van der Waals surface area contributed by atoms with E-state index in [0.29, 0.717) is 34.6 Å². The van der Waals surface area contributed by atoms with Gasteiger partial charge in [0, 0.05) is 5.69 Å². The largest absolute Gasteiger partial charge is 0.493 e. The number of benzene rings is 2. The first kappa shape index (κ1) is 19.8. The van der Waals surface area contributed by atoms with Crippen LogP contribution in [-0.4, -0.2) is 42.0 Å². The van der Waals surface area contributed by atoms with Crippen LogP contribution in [0.2, 0.25) is 0 Å². The van der Waals surface area contributed by atoms with Gasteiger partial charge in [-0.2, -0.15) is 0 Å². The first-order valence-corrected chi connectivity index (χ1v) is 9.78. The Morgan fingerprint density at radius 2 is 1.89 bits per heavy atom. The maximum atomic E-state index is 13.2. The summed E-state index contributed by atoms with van der Waals surface area (Å²) in [7, 11) is 1.57. The lowest BCUT2D eigenvalue weighted by Crippen LogP contribution is -2.29. The zero-order chi connectivity index (χ0) is 19.9. The van der Waals surface area contributed by atoms with E-state index in [1.807, 2.05) is 18.4 Å². The fraction of sp³-hybridized carbons (Fsp3) is 0.200. The SMILES string of the molecule is COc1ccccc1OCCNC(=O)c1cnc(SC)n1-c1ccc(F)cc1. The molecule has 1 heterocycles. The lowest BCUT2D eigenvalue weighted by molar-refractivity contribution is 0.0939. The smallest absolute Gasteiger partial charge is 0.270 e. The van der Waals surface area contributed by atoms with Gasteiger partial charge < -0.3 is 14.8 Å². The van der Waals surface area contributed by atoms with Gasteiger partial charge in [0.25, 0.3) is 5.91 Å². The number of carbonyl (C=O) groups is 1. The van der Waals surface area contributed by atoms with E-state index in [1.165, 1.54) is 30.1 Å². The van der Waals surface area contributed by atoms with Crippen LogP contribution in [0.3, 0.4) is 0 Å². The van der Waals surface area contributed by atoms with Crippen molar-refractivity contribution in [1.29, 1.82) is 0 Å². The van der Waals surface area contributed by atoms with Crippen LogP contribution in [0, 0.1) is 5.82 Å². The average Bonchev–Trinajstić information content (AvgIpc) is 3.16. The summed E-state index contributed by atoms with van der Waals surface area (Å²) in [4.78, 5) is 16.9. The van der Waals surface area contributed by atoms with Gasteiger partial charge in [0.15, 0.2) is 16.7 Å². The monoisotopic (exact) mass is 401 g/mol. The number of aromatic nitrogens is 2. The van der Waals surface area contributed by atoms with Gasteiger partial charge in [-0.1, -0.05) is 23.9 Å². The Labute approximate surface area is 166 Å². The number of amides is 1. The Kier molecular flexibility index (Phi) is 6.54. The first-order valence-electron chi connectivity index (χ1n) is 8.55. The molecule has 0 spiro atoms. The van der Waals surface area contributed by atoms with E-state index in [0.717, 1.165) is 0 Å². The molecule has 6 nitrogen and oxygen atoms in total. The van der Waals surface area contributed by atoms with Gasteiger partial charge in [-0.05, 0) is 42.7 Å². The number of halogens is 1. The molecule has 0 aliphatic carbocycles. The van der Waals surface area contributed by atoms with Crippen molar-refractivity contribution in [3.8, 4) is 17.2 Å². The highest BCUT2D eigenvalue weighted by Gasteiger charge is 2.17. The van der Waals surface area contributed by atoms with Crippen molar-refractivity contribution in [1.82, 2.24) is 14.9 Å². The summed E-state index contributed by atoms with van der Waals surface area (Å²) in [6.07, 6.45) is 3.37. The third-order valence-electron chi connectivity index (χ3n) is 3.94. The number of thioether (sulfide) groups is 1. The number of carbonyl (C=O) groups excluding carboxylic acids is 1. The number of hydrogen-bond donors (Lipinski definition) is 1. The molecule has 1 amide bonds. The lowest BCUT2D eigenvalue weighted by atomic mass is 10.3. The second kappa shape index (κ2) is 9.27. The van der Waals surface area contributed by atoms with E-state index in [2.05, 4.69) is 10.3 Å². The Hall–Kier alpha value is -3.00. The number of nitrogens with one attached hydrogen (secondary N) is 1. The molecule has 28 heavy (non-hydrogen) atoms. The summed E-state index contributed by atoms with van der Waals surface area (Å²) in [6, 6.07) is 13.2. The van der Waals surface area contributed by atoms with Gasteiger partial charge in [-0.3, -0.25) is 9.36 Å². The van der Waals surface area contributed by atoms with Crippen molar-refractivity contribution in [2.24, 2.45) is 0 Å². The molecule has 8 heteroatoms. The number of imidazole rings is 1. The molecule has 0 saturated heterocycles. The van der Waals surface area contributed by atoms with Gasteiger partial charge in [-0.15, -0.1) is 0 Å². The number of nitrogens with zero attached hydrogens (tertiary/aromatic N) is 2. The lowest BCUT2D eigenvalue weighted by Gasteiger charge is -2.12. The number of hydrogen-bond acceptors (Lipinski definition) is 5. The third kappa shape index (κ3) is 4.45. The molecule has 1 N–H and O–H groups in total. The van der Waals surface area contributed by atoms with Gasteiger partial charge in [0.05, 0.1) is 19.9 Å². The molecule has 3 rings (SSSR count). The molecule has 0 atom stereocenters. The summed E-state index contributed by atoms with van der Waals surface area (Å²) in [5.74, 6) is 0.614. The Balaban J connectivity index is 1.66. The Bertz CT molecular complexity index is 944. The second-order valence-electron chi connectivity index (χ2n) is 5.70. The fourth-order valence-electron chi connectivity index (χ4n) is 2.63. The number of methoxy groups -OCH3 is 1.